The van der Waals surface area contributed by atoms with E-state index in [1.54, 1.807) is 25.1 Å². The van der Waals surface area contributed by atoms with E-state index in [2.05, 4.69) is 20.5 Å². The summed E-state index contributed by atoms with van der Waals surface area (Å²) in [6.07, 6.45) is 1.84. The molecule has 1 saturated heterocycles. The van der Waals surface area contributed by atoms with Crippen LogP contribution in [0.3, 0.4) is 0 Å². The lowest BCUT2D eigenvalue weighted by Crippen LogP contribution is -2.56. The van der Waals surface area contributed by atoms with Crippen LogP contribution in [0.5, 0.6) is 0 Å². The van der Waals surface area contributed by atoms with E-state index in [1.807, 2.05) is 0 Å². The third-order valence-electron chi connectivity index (χ3n) is 5.87. The first kappa shape index (κ1) is 21.0. The zero-order valence-electron chi connectivity index (χ0n) is 17.2. The van der Waals surface area contributed by atoms with E-state index in [4.69, 9.17) is 15.2 Å². The highest BCUT2D eigenvalue weighted by Crippen LogP contribution is 2.47. The van der Waals surface area contributed by atoms with Crippen molar-refractivity contribution in [3.8, 4) is 0 Å². The van der Waals surface area contributed by atoms with Gasteiger partial charge in [0.25, 0.3) is 5.91 Å². The zero-order valence-corrected chi connectivity index (χ0v) is 17.2. The molecule has 10 heteroatoms. The van der Waals surface area contributed by atoms with Crippen molar-refractivity contribution < 1.29 is 23.9 Å². The predicted octanol–water partition coefficient (Wildman–Crippen LogP) is 1.44. The largest absolute Gasteiger partial charge is 0.444 e. The second kappa shape index (κ2) is 8.46. The van der Waals surface area contributed by atoms with Crippen molar-refractivity contribution in [3.05, 3.63) is 41.3 Å². The summed E-state index contributed by atoms with van der Waals surface area (Å²) in [7, 11) is 0. The van der Waals surface area contributed by atoms with Gasteiger partial charge in [-0.15, -0.1) is 0 Å². The number of aromatic amines is 1. The first-order valence-electron chi connectivity index (χ1n) is 10.3. The van der Waals surface area contributed by atoms with E-state index in [0.29, 0.717) is 37.6 Å². The highest BCUT2D eigenvalue weighted by atomic mass is 16.6. The van der Waals surface area contributed by atoms with Crippen LogP contribution >= 0.6 is 0 Å². The van der Waals surface area contributed by atoms with E-state index in [9.17, 15) is 14.4 Å². The Morgan fingerprint density at radius 1 is 1.26 bits per heavy atom. The van der Waals surface area contributed by atoms with Gasteiger partial charge in [0, 0.05) is 55.3 Å². The number of primary amides is 1. The van der Waals surface area contributed by atoms with Gasteiger partial charge in [-0.25, -0.2) is 9.78 Å². The fraction of sp³-hybridized carbons (Fsp3) is 0.476. The lowest BCUT2D eigenvalue weighted by Gasteiger charge is -2.43. The van der Waals surface area contributed by atoms with Crippen LogP contribution < -0.4 is 11.1 Å². The standard InChI is InChI=1S/C21H25N5O5/c1-12-3-2-4-15(23-12)19(28)31-21(20(22)29)10-14(11-21)16-9-17(26-25-16)24-18(27)13-5-7-30-8-6-13/h2-4,9,13-14H,5-8,10-11H2,1H3,(H2,22,29)(H2,24,25,26,27). The van der Waals surface area contributed by atoms with Gasteiger partial charge in [0.2, 0.25) is 5.91 Å². The molecule has 2 aliphatic rings. The maximum atomic E-state index is 12.5. The minimum Gasteiger partial charge on any atom is -0.444 e. The van der Waals surface area contributed by atoms with Crippen LogP contribution in [-0.2, 0) is 19.1 Å². The summed E-state index contributed by atoms with van der Waals surface area (Å²) in [4.78, 5) is 41.0. The molecule has 1 aliphatic carbocycles. The van der Waals surface area contributed by atoms with Crippen molar-refractivity contribution in [3.63, 3.8) is 0 Å². The molecule has 2 fully saturated rings. The number of nitrogens with one attached hydrogen (secondary N) is 2. The maximum Gasteiger partial charge on any atom is 0.357 e. The first-order valence-corrected chi connectivity index (χ1v) is 10.3. The Kier molecular flexibility index (Phi) is 5.73. The minimum atomic E-state index is -1.39. The van der Waals surface area contributed by atoms with Crippen molar-refractivity contribution in [2.45, 2.75) is 44.1 Å². The first-order chi connectivity index (χ1) is 14.9. The van der Waals surface area contributed by atoms with Crippen LogP contribution in [0.4, 0.5) is 5.82 Å². The monoisotopic (exact) mass is 427 g/mol. The molecule has 164 valence electrons. The highest BCUT2D eigenvalue weighted by molar-refractivity contribution is 5.93. The Labute approximate surface area is 178 Å². The van der Waals surface area contributed by atoms with Gasteiger partial charge >= 0.3 is 5.97 Å². The molecule has 1 saturated carbocycles. The van der Waals surface area contributed by atoms with Crippen molar-refractivity contribution >= 4 is 23.6 Å². The second-order valence-electron chi connectivity index (χ2n) is 8.10. The summed E-state index contributed by atoms with van der Waals surface area (Å²) in [6, 6.07) is 6.72. The van der Waals surface area contributed by atoms with Gasteiger partial charge in [0.15, 0.2) is 11.4 Å². The molecule has 3 heterocycles. The van der Waals surface area contributed by atoms with Gasteiger partial charge < -0.3 is 20.5 Å². The molecule has 10 nitrogen and oxygen atoms in total. The van der Waals surface area contributed by atoms with Crippen LogP contribution in [0.2, 0.25) is 0 Å². The Morgan fingerprint density at radius 3 is 2.68 bits per heavy atom. The molecule has 1 aliphatic heterocycles. The minimum absolute atomic E-state index is 0.0824. The fourth-order valence-corrected chi connectivity index (χ4v) is 3.98. The summed E-state index contributed by atoms with van der Waals surface area (Å²) >= 11 is 0. The Bertz CT molecular complexity index is 992. The molecule has 0 spiro atoms. The molecule has 0 atom stereocenters. The number of amides is 2. The van der Waals surface area contributed by atoms with Crippen LogP contribution in [0, 0.1) is 12.8 Å². The van der Waals surface area contributed by atoms with E-state index < -0.39 is 17.5 Å². The number of nitrogens with zero attached hydrogens (tertiary/aromatic N) is 2. The van der Waals surface area contributed by atoms with Gasteiger partial charge in [-0.1, -0.05) is 6.07 Å². The molecule has 2 aromatic rings. The van der Waals surface area contributed by atoms with Gasteiger partial charge in [-0.3, -0.25) is 14.7 Å². The number of hydrogen-bond donors (Lipinski definition) is 3. The van der Waals surface area contributed by atoms with Crippen molar-refractivity contribution in [2.75, 3.05) is 18.5 Å². The number of aryl methyl sites for hydroxylation is 1. The molecular weight excluding hydrogens is 402 g/mol. The smallest absolute Gasteiger partial charge is 0.357 e. The van der Waals surface area contributed by atoms with Gasteiger partial charge in [-0.2, -0.15) is 5.10 Å². The number of carbonyl (C=O) groups is 3. The predicted molar refractivity (Wildman–Crippen MR) is 109 cm³/mol. The molecule has 31 heavy (non-hydrogen) atoms. The third kappa shape index (κ3) is 4.43. The van der Waals surface area contributed by atoms with Crippen LogP contribution in [0.25, 0.3) is 0 Å². The maximum absolute atomic E-state index is 12.5. The quantitative estimate of drug-likeness (QED) is 0.590. The van der Waals surface area contributed by atoms with Gasteiger partial charge in [0.1, 0.15) is 5.69 Å². The van der Waals surface area contributed by atoms with Crippen molar-refractivity contribution in [2.24, 2.45) is 11.7 Å². The number of anilines is 1. The Morgan fingerprint density at radius 2 is 2.00 bits per heavy atom. The van der Waals surface area contributed by atoms with Crippen molar-refractivity contribution in [1.29, 1.82) is 0 Å². The van der Waals surface area contributed by atoms with Gasteiger partial charge in [0.05, 0.1) is 0 Å². The average Bonchev–Trinajstić information content (AvgIpc) is 3.18. The molecule has 4 N–H and O–H groups in total. The summed E-state index contributed by atoms with van der Waals surface area (Å²) < 4.78 is 10.8. The second-order valence-corrected chi connectivity index (χ2v) is 8.10. The molecule has 0 bridgehead atoms. The van der Waals surface area contributed by atoms with E-state index >= 15 is 0 Å². The summed E-state index contributed by atoms with van der Waals surface area (Å²) in [6.45, 7) is 2.92. The Hall–Kier alpha value is -3.27. The number of ether oxygens (including phenoxy) is 2. The Balaban J connectivity index is 1.37. The number of hydrogen-bond acceptors (Lipinski definition) is 7. The number of carbonyl (C=O) groups excluding carboxylic acids is 3. The number of nitrogens with two attached hydrogens (primary N) is 1. The molecule has 0 aromatic carbocycles. The van der Waals surface area contributed by atoms with Crippen molar-refractivity contribution in [1.82, 2.24) is 15.2 Å². The van der Waals surface area contributed by atoms with E-state index in [0.717, 1.165) is 5.69 Å². The number of H-pyrrole nitrogens is 1. The van der Waals surface area contributed by atoms with Crippen LogP contribution in [0.15, 0.2) is 24.3 Å². The lowest BCUT2D eigenvalue weighted by molar-refractivity contribution is -0.149. The highest BCUT2D eigenvalue weighted by Gasteiger charge is 2.53. The molecule has 2 amide bonds. The zero-order chi connectivity index (χ0) is 22.0. The van der Waals surface area contributed by atoms with E-state index in [-0.39, 0.29) is 36.3 Å². The molecule has 0 radical (unpaired) electrons. The van der Waals surface area contributed by atoms with Gasteiger partial charge in [-0.05, 0) is 31.9 Å². The number of rotatable bonds is 6. The molecule has 2 aromatic heterocycles. The topological polar surface area (TPSA) is 149 Å². The third-order valence-corrected chi connectivity index (χ3v) is 5.87. The fourth-order valence-electron chi connectivity index (χ4n) is 3.98. The number of aromatic nitrogens is 3. The van der Waals surface area contributed by atoms with E-state index in [1.165, 1.54) is 6.07 Å². The summed E-state index contributed by atoms with van der Waals surface area (Å²) in [5.41, 5.74) is 5.70. The SMILES string of the molecule is Cc1cccc(C(=O)OC2(C(N)=O)CC(c3cc(NC(=O)C4CCOCC4)n[nH]3)C2)n1. The average molecular weight is 427 g/mol. The summed E-state index contributed by atoms with van der Waals surface area (Å²) in [5.74, 6) is -1.24. The lowest BCUT2D eigenvalue weighted by atomic mass is 9.68. The van der Waals surface area contributed by atoms with Crippen LogP contribution in [0.1, 0.15) is 53.5 Å². The number of pyridine rings is 1. The summed E-state index contributed by atoms with van der Waals surface area (Å²) in [5, 5.41) is 9.85. The molecule has 0 unspecified atom stereocenters. The normalized spacial score (nSPS) is 23.6. The van der Waals surface area contributed by atoms with Crippen LogP contribution in [-0.4, -0.2) is 51.8 Å². The molecule has 4 rings (SSSR count). The number of esters is 1. The molecular formula is C21H25N5O5.